The molecule has 2 aliphatic rings. The standard InChI is InChI=1S/C18H30N4O/c1-18(2,3)15-10-14(22(4)21-15)17(23)20-16-11-6-5-7-12(16)9-13(19)8-11/h10-13,16H,5-9,19H2,1-4H3,(H,20,23). The first-order chi connectivity index (χ1) is 10.8. The molecule has 0 spiro atoms. The molecule has 128 valence electrons. The molecule has 0 saturated heterocycles. The number of aryl methyl sites for hydroxylation is 1. The van der Waals surface area contributed by atoms with E-state index in [0.29, 0.717) is 23.6 Å². The maximum atomic E-state index is 12.8. The van der Waals surface area contributed by atoms with E-state index in [1.54, 1.807) is 4.68 Å². The molecule has 2 saturated carbocycles. The Morgan fingerprint density at radius 1 is 1.30 bits per heavy atom. The van der Waals surface area contributed by atoms with E-state index in [9.17, 15) is 4.79 Å². The fourth-order valence-corrected chi connectivity index (χ4v) is 4.30. The molecule has 1 heterocycles. The lowest BCUT2D eigenvalue weighted by atomic mass is 9.67. The van der Waals surface area contributed by atoms with Gasteiger partial charge in [0, 0.05) is 24.5 Å². The normalized spacial score (nSPS) is 31.0. The maximum Gasteiger partial charge on any atom is 0.269 e. The number of carbonyl (C=O) groups excluding carboxylic acids is 1. The molecule has 2 bridgehead atoms. The highest BCUT2D eigenvalue weighted by Gasteiger charge is 2.40. The zero-order valence-corrected chi connectivity index (χ0v) is 14.8. The van der Waals surface area contributed by atoms with Gasteiger partial charge < -0.3 is 11.1 Å². The maximum absolute atomic E-state index is 12.8. The Labute approximate surface area is 139 Å². The molecular weight excluding hydrogens is 288 g/mol. The van der Waals surface area contributed by atoms with E-state index in [-0.39, 0.29) is 17.4 Å². The average Bonchev–Trinajstić information content (AvgIpc) is 2.82. The van der Waals surface area contributed by atoms with Crippen LogP contribution in [0.3, 0.4) is 0 Å². The summed E-state index contributed by atoms with van der Waals surface area (Å²) >= 11 is 0. The van der Waals surface area contributed by atoms with E-state index >= 15 is 0 Å². The summed E-state index contributed by atoms with van der Waals surface area (Å²) < 4.78 is 1.71. The third-order valence-corrected chi connectivity index (χ3v) is 5.56. The van der Waals surface area contributed by atoms with Crippen LogP contribution in [-0.4, -0.2) is 27.8 Å². The van der Waals surface area contributed by atoms with Crippen LogP contribution in [0, 0.1) is 11.8 Å². The molecule has 1 aromatic rings. The van der Waals surface area contributed by atoms with Crippen LogP contribution in [0.5, 0.6) is 0 Å². The lowest BCUT2D eigenvalue weighted by molar-refractivity contribution is 0.0748. The van der Waals surface area contributed by atoms with E-state index in [4.69, 9.17) is 5.73 Å². The summed E-state index contributed by atoms with van der Waals surface area (Å²) in [7, 11) is 1.85. The van der Waals surface area contributed by atoms with Crippen molar-refractivity contribution in [2.45, 2.75) is 70.4 Å². The Morgan fingerprint density at radius 2 is 1.91 bits per heavy atom. The van der Waals surface area contributed by atoms with Crippen molar-refractivity contribution in [3.8, 4) is 0 Å². The van der Waals surface area contributed by atoms with Crippen molar-refractivity contribution in [2.24, 2.45) is 24.6 Å². The molecule has 5 nitrogen and oxygen atoms in total. The molecule has 3 N–H and O–H groups in total. The molecule has 23 heavy (non-hydrogen) atoms. The zero-order chi connectivity index (χ0) is 16.8. The molecule has 2 atom stereocenters. The van der Waals surface area contributed by atoms with Gasteiger partial charge in [0.25, 0.3) is 5.91 Å². The smallest absolute Gasteiger partial charge is 0.269 e. The molecule has 5 heteroatoms. The third kappa shape index (κ3) is 3.30. The number of nitrogens with one attached hydrogen (secondary N) is 1. The summed E-state index contributed by atoms with van der Waals surface area (Å²) in [5.41, 5.74) is 7.74. The van der Waals surface area contributed by atoms with Crippen LogP contribution >= 0.6 is 0 Å². The minimum atomic E-state index is -0.0512. The zero-order valence-electron chi connectivity index (χ0n) is 14.8. The highest BCUT2D eigenvalue weighted by molar-refractivity contribution is 5.93. The highest BCUT2D eigenvalue weighted by Crippen LogP contribution is 2.39. The van der Waals surface area contributed by atoms with Crippen molar-refractivity contribution in [1.82, 2.24) is 15.1 Å². The molecule has 2 aliphatic carbocycles. The number of aromatic nitrogens is 2. The summed E-state index contributed by atoms with van der Waals surface area (Å²) in [4.78, 5) is 12.8. The summed E-state index contributed by atoms with van der Waals surface area (Å²) in [5, 5.41) is 7.82. The minimum absolute atomic E-state index is 0.00729. The first kappa shape index (κ1) is 16.5. The predicted octanol–water partition coefficient (Wildman–Crippen LogP) is 2.35. The Balaban J connectivity index is 1.76. The molecule has 2 fully saturated rings. The molecule has 1 aromatic heterocycles. The Morgan fingerprint density at radius 3 is 2.43 bits per heavy atom. The Hall–Kier alpha value is -1.36. The van der Waals surface area contributed by atoms with Crippen LogP contribution in [0.4, 0.5) is 0 Å². The average molecular weight is 318 g/mol. The van der Waals surface area contributed by atoms with Crippen LogP contribution < -0.4 is 11.1 Å². The van der Waals surface area contributed by atoms with Gasteiger partial charge in [-0.3, -0.25) is 9.48 Å². The van der Waals surface area contributed by atoms with Crippen LogP contribution in [0.25, 0.3) is 0 Å². The van der Waals surface area contributed by atoms with Gasteiger partial charge in [0.1, 0.15) is 5.69 Å². The second kappa shape index (κ2) is 5.93. The second-order valence-electron chi connectivity index (χ2n) is 8.47. The van der Waals surface area contributed by atoms with Crippen molar-refractivity contribution in [3.63, 3.8) is 0 Å². The van der Waals surface area contributed by atoms with Gasteiger partial charge >= 0.3 is 0 Å². The SMILES string of the molecule is Cn1nc(C(C)(C)C)cc1C(=O)NC1C2CCCC1CC(N)C2. The van der Waals surface area contributed by atoms with E-state index in [0.717, 1.165) is 18.5 Å². The Bertz CT molecular complexity index is 572. The first-order valence-corrected chi connectivity index (χ1v) is 8.86. The van der Waals surface area contributed by atoms with Gasteiger partial charge in [-0.05, 0) is 43.6 Å². The molecule has 0 aliphatic heterocycles. The van der Waals surface area contributed by atoms with Gasteiger partial charge in [-0.15, -0.1) is 0 Å². The van der Waals surface area contributed by atoms with Gasteiger partial charge in [0.15, 0.2) is 0 Å². The van der Waals surface area contributed by atoms with Crippen molar-refractivity contribution in [2.75, 3.05) is 0 Å². The van der Waals surface area contributed by atoms with E-state index < -0.39 is 0 Å². The monoisotopic (exact) mass is 318 g/mol. The Kier molecular flexibility index (Phi) is 4.25. The van der Waals surface area contributed by atoms with Gasteiger partial charge in [-0.25, -0.2) is 0 Å². The lowest BCUT2D eigenvalue weighted by Gasteiger charge is -2.45. The second-order valence-corrected chi connectivity index (χ2v) is 8.47. The molecule has 2 unspecified atom stereocenters. The molecule has 0 aromatic carbocycles. The van der Waals surface area contributed by atoms with Crippen LogP contribution in [0.2, 0.25) is 0 Å². The first-order valence-electron chi connectivity index (χ1n) is 8.86. The minimum Gasteiger partial charge on any atom is -0.347 e. The van der Waals surface area contributed by atoms with Crippen molar-refractivity contribution >= 4 is 5.91 Å². The van der Waals surface area contributed by atoms with Gasteiger partial charge in [-0.2, -0.15) is 5.10 Å². The van der Waals surface area contributed by atoms with E-state index in [2.05, 4.69) is 31.2 Å². The lowest BCUT2D eigenvalue weighted by Crippen LogP contribution is -2.53. The predicted molar refractivity (Wildman–Crippen MR) is 91.2 cm³/mol. The molecular formula is C18H30N4O. The number of hydrogen-bond acceptors (Lipinski definition) is 3. The number of nitrogens with zero attached hydrogens (tertiary/aromatic N) is 2. The summed E-state index contributed by atoms with van der Waals surface area (Å²) in [5.74, 6) is 1.08. The number of fused-ring (bicyclic) bond motifs is 2. The van der Waals surface area contributed by atoms with Gasteiger partial charge in [0.2, 0.25) is 0 Å². The summed E-state index contributed by atoms with van der Waals surface area (Å²) in [6.45, 7) is 6.35. The number of hydrogen-bond donors (Lipinski definition) is 2. The van der Waals surface area contributed by atoms with Crippen LogP contribution in [0.15, 0.2) is 6.07 Å². The highest BCUT2D eigenvalue weighted by atomic mass is 16.2. The fraction of sp³-hybridized carbons (Fsp3) is 0.778. The number of nitrogens with two attached hydrogens (primary N) is 1. The molecule has 0 radical (unpaired) electrons. The van der Waals surface area contributed by atoms with Crippen molar-refractivity contribution in [1.29, 1.82) is 0 Å². The van der Waals surface area contributed by atoms with Crippen molar-refractivity contribution in [3.05, 3.63) is 17.5 Å². The van der Waals surface area contributed by atoms with Crippen molar-refractivity contribution < 1.29 is 4.79 Å². The molecule has 3 rings (SSSR count). The third-order valence-electron chi connectivity index (χ3n) is 5.56. The number of rotatable bonds is 2. The van der Waals surface area contributed by atoms with Crippen LogP contribution in [0.1, 0.15) is 69.1 Å². The van der Waals surface area contributed by atoms with E-state index in [1.165, 1.54) is 19.3 Å². The van der Waals surface area contributed by atoms with E-state index in [1.807, 2.05) is 13.1 Å². The largest absolute Gasteiger partial charge is 0.347 e. The summed E-state index contributed by atoms with van der Waals surface area (Å²) in [6, 6.07) is 2.52. The van der Waals surface area contributed by atoms with Crippen LogP contribution in [-0.2, 0) is 12.5 Å². The fourth-order valence-electron chi connectivity index (χ4n) is 4.30. The summed E-state index contributed by atoms with van der Waals surface area (Å²) in [6.07, 6.45) is 5.73. The number of amides is 1. The molecule has 1 amide bonds. The number of carbonyl (C=O) groups is 1. The van der Waals surface area contributed by atoms with Gasteiger partial charge in [0.05, 0.1) is 5.69 Å². The quantitative estimate of drug-likeness (QED) is 0.879. The topological polar surface area (TPSA) is 72.9 Å². The van der Waals surface area contributed by atoms with Gasteiger partial charge in [-0.1, -0.05) is 27.2 Å².